The smallest absolute Gasteiger partial charge is 0.225 e. The lowest BCUT2D eigenvalue weighted by Crippen LogP contribution is -2.15. The van der Waals surface area contributed by atoms with Crippen molar-refractivity contribution in [1.82, 2.24) is 9.78 Å². The molecule has 0 amide bonds. The van der Waals surface area contributed by atoms with Crippen molar-refractivity contribution in [1.29, 1.82) is 0 Å². The van der Waals surface area contributed by atoms with E-state index >= 15 is 0 Å². The summed E-state index contributed by atoms with van der Waals surface area (Å²) in [5.41, 5.74) is -2.58. The van der Waals surface area contributed by atoms with Crippen LogP contribution in [0.2, 0.25) is 10.0 Å². The second-order valence-corrected chi connectivity index (χ2v) is 7.68. The molecule has 1 aromatic heterocycles. The molecule has 0 atom stereocenters. The molecule has 2 N–H and O–H groups in total. The molecular formula is C15H6Cl2F5N3O2S. The maximum absolute atomic E-state index is 14.4. The predicted octanol–water partition coefficient (Wildman–Crippen LogP) is 4.19. The van der Waals surface area contributed by atoms with E-state index in [9.17, 15) is 30.4 Å². The summed E-state index contributed by atoms with van der Waals surface area (Å²) >= 11 is 11.3. The van der Waals surface area contributed by atoms with E-state index in [1.165, 1.54) is 0 Å². The molecule has 2 aromatic carbocycles. The Kier molecular flexibility index (Phi) is 5.13. The zero-order valence-corrected chi connectivity index (χ0v) is 15.5. The minimum Gasteiger partial charge on any atom is -0.225 e. The van der Waals surface area contributed by atoms with Crippen LogP contribution >= 0.6 is 23.2 Å². The predicted molar refractivity (Wildman–Crippen MR) is 90.2 cm³/mol. The molecule has 3 rings (SSSR count). The van der Waals surface area contributed by atoms with Gasteiger partial charge in [0.15, 0.2) is 5.82 Å². The summed E-state index contributed by atoms with van der Waals surface area (Å²) in [4.78, 5) is -1.21. The van der Waals surface area contributed by atoms with Crippen molar-refractivity contribution in [2.24, 2.45) is 5.14 Å². The van der Waals surface area contributed by atoms with Crippen LogP contribution in [0.1, 0.15) is 0 Å². The van der Waals surface area contributed by atoms with Crippen molar-refractivity contribution in [2.45, 2.75) is 4.90 Å². The van der Waals surface area contributed by atoms with Crippen LogP contribution in [0.5, 0.6) is 0 Å². The number of hydrogen-bond acceptors (Lipinski definition) is 3. The molecule has 0 spiro atoms. The second-order valence-electron chi connectivity index (χ2n) is 5.37. The maximum atomic E-state index is 14.4. The Bertz CT molecular complexity index is 1230. The van der Waals surface area contributed by atoms with Gasteiger partial charge in [0, 0.05) is 5.56 Å². The number of primary sulfonamides is 1. The van der Waals surface area contributed by atoms with Gasteiger partial charge in [0.05, 0.1) is 10.0 Å². The molecule has 28 heavy (non-hydrogen) atoms. The fourth-order valence-corrected chi connectivity index (χ4v) is 3.29. The van der Waals surface area contributed by atoms with Gasteiger partial charge in [-0.1, -0.05) is 23.2 Å². The van der Waals surface area contributed by atoms with Gasteiger partial charge in [-0.15, -0.1) is 5.10 Å². The molecule has 0 bridgehead atoms. The van der Waals surface area contributed by atoms with Crippen LogP contribution in [0.4, 0.5) is 22.0 Å². The van der Waals surface area contributed by atoms with Crippen molar-refractivity contribution in [2.75, 3.05) is 0 Å². The quantitative estimate of drug-likeness (QED) is 0.473. The first-order chi connectivity index (χ1) is 12.9. The number of nitrogens with zero attached hydrogens (tertiary/aromatic N) is 2. The lowest BCUT2D eigenvalue weighted by Gasteiger charge is -2.12. The molecule has 0 unspecified atom stereocenters. The Morgan fingerprint density at radius 3 is 2.21 bits per heavy atom. The molecule has 1 heterocycles. The zero-order chi connectivity index (χ0) is 21.0. The number of hydrogen-bond donors (Lipinski definition) is 1. The number of rotatable bonds is 3. The van der Waals surface area contributed by atoms with E-state index in [-0.39, 0.29) is 17.2 Å². The van der Waals surface area contributed by atoms with Crippen molar-refractivity contribution in [3.8, 4) is 16.9 Å². The van der Waals surface area contributed by atoms with E-state index < -0.39 is 66.1 Å². The Balaban J connectivity index is 2.34. The molecule has 0 aliphatic heterocycles. The summed E-state index contributed by atoms with van der Waals surface area (Å²) < 4.78 is 93.8. The monoisotopic (exact) mass is 457 g/mol. The molecule has 0 radical (unpaired) electrons. The zero-order valence-electron chi connectivity index (χ0n) is 13.2. The summed E-state index contributed by atoms with van der Waals surface area (Å²) in [5, 5.41) is 7.07. The number of sulfonamides is 1. The first kappa shape index (κ1) is 20.5. The molecule has 148 valence electrons. The Hall–Kier alpha value is -2.21. The summed E-state index contributed by atoms with van der Waals surface area (Å²) in [7, 11) is -4.64. The first-order valence-corrected chi connectivity index (χ1v) is 9.33. The van der Waals surface area contributed by atoms with E-state index in [4.69, 9.17) is 28.3 Å². The lowest BCUT2D eigenvalue weighted by molar-refractivity contribution is 0.487. The molecule has 0 fully saturated rings. The normalized spacial score (nSPS) is 11.9. The maximum Gasteiger partial charge on any atom is 0.269 e. The Labute approximate surface area is 164 Å². The fraction of sp³-hybridized carbons (Fsp3) is 0. The molecular weight excluding hydrogens is 452 g/mol. The number of halogens is 7. The highest BCUT2D eigenvalue weighted by atomic mass is 35.5. The van der Waals surface area contributed by atoms with Gasteiger partial charge in [-0.25, -0.2) is 31.4 Å². The van der Waals surface area contributed by atoms with E-state index in [2.05, 4.69) is 5.10 Å². The van der Waals surface area contributed by atoms with Gasteiger partial charge in [0.25, 0.3) is 5.95 Å². The SMILES string of the molecule is NS(=O)(=O)c1cc(F)c(-c2c(F)c(F)nn2-c2ccc(Cl)c(Cl)c2F)cc1F. The Morgan fingerprint density at radius 2 is 1.61 bits per heavy atom. The van der Waals surface area contributed by atoms with Crippen LogP contribution in [0.3, 0.4) is 0 Å². The van der Waals surface area contributed by atoms with E-state index in [1.54, 1.807) is 0 Å². The fourth-order valence-electron chi connectivity index (χ4n) is 2.39. The standard InChI is InChI=1S/C15H6Cl2F5N3O2S/c16-6-1-2-9(12(20)11(6)17)25-14(13(21)15(22)24-25)5-3-8(19)10(4-7(5)18)28(23,26)27/h1-4H,(H2,23,26,27). The molecule has 0 saturated heterocycles. The van der Waals surface area contributed by atoms with Gasteiger partial charge < -0.3 is 0 Å². The number of nitrogens with two attached hydrogens (primary N) is 1. The first-order valence-electron chi connectivity index (χ1n) is 7.03. The lowest BCUT2D eigenvalue weighted by atomic mass is 10.1. The molecule has 3 aromatic rings. The molecule has 13 heteroatoms. The van der Waals surface area contributed by atoms with Gasteiger partial charge in [-0.3, -0.25) is 0 Å². The van der Waals surface area contributed by atoms with Crippen molar-refractivity contribution in [3.63, 3.8) is 0 Å². The molecule has 0 aliphatic carbocycles. The summed E-state index contributed by atoms with van der Waals surface area (Å²) in [5.74, 6) is -7.75. The van der Waals surface area contributed by atoms with Crippen LogP contribution < -0.4 is 5.14 Å². The van der Waals surface area contributed by atoms with Crippen LogP contribution in [0.15, 0.2) is 29.2 Å². The van der Waals surface area contributed by atoms with Gasteiger partial charge >= 0.3 is 0 Å². The van der Waals surface area contributed by atoms with E-state index in [1.807, 2.05) is 0 Å². The van der Waals surface area contributed by atoms with Crippen molar-refractivity contribution in [3.05, 3.63) is 63.5 Å². The van der Waals surface area contributed by atoms with Crippen LogP contribution in [0.25, 0.3) is 16.9 Å². The summed E-state index contributed by atoms with van der Waals surface area (Å²) in [6, 6.07) is 2.48. The average Bonchev–Trinajstić information content (AvgIpc) is 2.88. The number of benzene rings is 2. The molecule has 5 nitrogen and oxygen atoms in total. The Morgan fingerprint density at radius 1 is 0.964 bits per heavy atom. The van der Waals surface area contributed by atoms with Gasteiger partial charge in [0.2, 0.25) is 15.8 Å². The minimum atomic E-state index is -4.64. The molecule has 0 aliphatic rings. The summed E-state index contributed by atoms with van der Waals surface area (Å²) in [6.07, 6.45) is 0. The van der Waals surface area contributed by atoms with Crippen molar-refractivity contribution >= 4 is 33.2 Å². The van der Waals surface area contributed by atoms with E-state index in [0.29, 0.717) is 4.68 Å². The van der Waals surface area contributed by atoms with Crippen molar-refractivity contribution < 1.29 is 30.4 Å². The van der Waals surface area contributed by atoms with Crippen LogP contribution in [-0.4, -0.2) is 18.2 Å². The summed E-state index contributed by atoms with van der Waals surface area (Å²) in [6.45, 7) is 0. The highest BCUT2D eigenvalue weighted by molar-refractivity contribution is 7.89. The topological polar surface area (TPSA) is 78.0 Å². The van der Waals surface area contributed by atoms with Crippen LogP contribution in [0, 0.1) is 29.2 Å². The van der Waals surface area contributed by atoms with Gasteiger partial charge in [-0.05, 0) is 24.3 Å². The third-order valence-corrected chi connectivity index (χ3v) is 5.32. The number of aromatic nitrogens is 2. The van der Waals surface area contributed by atoms with Gasteiger partial charge in [-0.2, -0.15) is 8.78 Å². The highest BCUT2D eigenvalue weighted by Crippen LogP contribution is 2.35. The molecule has 0 saturated carbocycles. The third kappa shape index (κ3) is 3.34. The highest BCUT2D eigenvalue weighted by Gasteiger charge is 2.28. The minimum absolute atomic E-state index is 0.180. The largest absolute Gasteiger partial charge is 0.269 e. The van der Waals surface area contributed by atoms with Gasteiger partial charge in [0.1, 0.15) is 27.9 Å². The van der Waals surface area contributed by atoms with Crippen LogP contribution in [-0.2, 0) is 10.0 Å². The average molecular weight is 458 g/mol. The third-order valence-electron chi connectivity index (χ3n) is 3.61. The second kappa shape index (κ2) is 6.99. The van der Waals surface area contributed by atoms with E-state index in [0.717, 1.165) is 12.1 Å².